The molecule has 0 fully saturated rings. The van der Waals surface area contributed by atoms with Crippen molar-refractivity contribution in [2.45, 2.75) is 26.3 Å². The van der Waals surface area contributed by atoms with Crippen LogP contribution in [0.5, 0.6) is 0 Å². The van der Waals surface area contributed by atoms with Crippen molar-refractivity contribution in [1.82, 2.24) is 10.2 Å². The van der Waals surface area contributed by atoms with Gasteiger partial charge in [0.15, 0.2) is 0 Å². The van der Waals surface area contributed by atoms with Crippen molar-refractivity contribution in [3.8, 4) is 0 Å². The molecule has 0 aromatic heterocycles. The number of hydrogen-bond donors (Lipinski definition) is 2. The molecule has 0 bridgehead atoms. The van der Waals surface area contributed by atoms with Crippen molar-refractivity contribution in [2.75, 3.05) is 13.6 Å². The lowest BCUT2D eigenvalue weighted by Gasteiger charge is -2.24. The molecule has 22 heavy (non-hydrogen) atoms. The number of urea groups is 1. The van der Waals surface area contributed by atoms with E-state index in [9.17, 15) is 18.4 Å². The predicted molar refractivity (Wildman–Crippen MR) is 77.4 cm³/mol. The van der Waals surface area contributed by atoms with Crippen molar-refractivity contribution < 1.29 is 23.5 Å². The number of hydrogen-bond acceptors (Lipinski definition) is 2. The Balaban J connectivity index is 2.79. The normalized spacial score (nSPS) is 13.3. The van der Waals surface area contributed by atoms with Crippen LogP contribution >= 0.6 is 0 Å². The van der Waals surface area contributed by atoms with Crippen LogP contribution in [0.25, 0.3) is 0 Å². The zero-order valence-electron chi connectivity index (χ0n) is 12.8. The van der Waals surface area contributed by atoms with Gasteiger partial charge in [0.2, 0.25) is 0 Å². The summed E-state index contributed by atoms with van der Waals surface area (Å²) in [5.41, 5.74) is 0.0653. The minimum absolute atomic E-state index is 0.0171. The van der Waals surface area contributed by atoms with E-state index in [1.165, 1.54) is 18.9 Å². The molecule has 0 aliphatic carbocycles. The van der Waals surface area contributed by atoms with Crippen molar-refractivity contribution >= 4 is 12.0 Å². The van der Waals surface area contributed by atoms with E-state index in [0.717, 1.165) is 18.2 Å². The average Bonchev–Trinajstić information content (AvgIpc) is 2.46. The van der Waals surface area contributed by atoms with Gasteiger partial charge in [-0.25, -0.2) is 13.6 Å². The van der Waals surface area contributed by atoms with Crippen LogP contribution in [-0.2, 0) is 4.79 Å². The Labute approximate surface area is 127 Å². The van der Waals surface area contributed by atoms with Gasteiger partial charge < -0.3 is 15.3 Å². The Bertz CT molecular complexity index is 552. The fourth-order valence-corrected chi connectivity index (χ4v) is 2.01. The third-order valence-electron chi connectivity index (χ3n) is 3.36. The van der Waals surface area contributed by atoms with E-state index in [2.05, 4.69) is 5.32 Å². The van der Waals surface area contributed by atoms with Gasteiger partial charge in [0.05, 0.1) is 12.0 Å². The fraction of sp³-hybridized carbons (Fsp3) is 0.467. The Morgan fingerprint density at radius 1 is 1.36 bits per heavy atom. The minimum atomic E-state index is -1.01. The Hall–Kier alpha value is -2.18. The van der Waals surface area contributed by atoms with Crippen LogP contribution in [-0.4, -0.2) is 35.6 Å². The number of carbonyl (C=O) groups excluding carboxylic acids is 1. The van der Waals surface area contributed by atoms with E-state index in [0.29, 0.717) is 6.42 Å². The van der Waals surface area contributed by atoms with Gasteiger partial charge in [-0.2, -0.15) is 0 Å². The molecule has 0 radical (unpaired) electrons. The molecule has 1 rings (SSSR count). The number of rotatable bonds is 6. The molecule has 5 nitrogen and oxygen atoms in total. The maximum Gasteiger partial charge on any atom is 0.317 e. The summed E-state index contributed by atoms with van der Waals surface area (Å²) < 4.78 is 27.0. The molecule has 2 atom stereocenters. The zero-order chi connectivity index (χ0) is 16.9. The highest BCUT2D eigenvalue weighted by atomic mass is 19.1. The first-order valence-electron chi connectivity index (χ1n) is 6.95. The first kappa shape index (κ1) is 17.9. The molecule has 2 N–H and O–H groups in total. The van der Waals surface area contributed by atoms with Crippen LogP contribution in [0.15, 0.2) is 18.2 Å². The third kappa shape index (κ3) is 4.68. The van der Waals surface area contributed by atoms with E-state index in [1.54, 1.807) is 6.92 Å². The van der Waals surface area contributed by atoms with Crippen LogP contribution in [0, 0.1) is 17.6 Å². The molecule has 0 aliphatic heterocycles. The molecular weight excluding hydrogens is 294 g/mol. The lowest BCUT2D eigenvalue weighted by molar-refractivity contribution is -0.141. The van der Waals surface area contributed by atoms with Gasteiger partial charge >= 0.3 is 12.0 Å². The largest absolute Gasteiger partial charge is 0.481 e. The summed E-state index contributed by atoms with van der Waals surface area (Å²) in [5.74, 6) is -2.92. The second kappa shape index (κ2) is 7.72. The van der Waals surface area contributed by atoms with Gasteiger partial charge in [0.1, 0.15) is 11.6 Å². The van der Waals surface area contributed by atoms with Gasteiger partial charge in [-0.1, -0.05) is 13.8 Å². The fourth-order valence-electron chi connectivity index (χ4n) is 2.01. The highest BCUT2D eigenvalue weighted by molar-refractivity contribution is 5.76. The number of carboxylic acid groups (broad SMARTS) is 1. The monoisotopic (exact) mass is 314 g/mol. The lowest BCUT2D eigenvalue weighted by atomic mass is 10.0. The number of nitrogens with one attached hydrogen (secondary N) is 1. The van der Waals surface area contributed by atoms with E-state index in [-0.39, 0.29) is 12.1 Å². The highest BCUT2D eigenvalue weighted by Gasteiger charge is 2.21. The first-order chi connectivity index (χ1) is 10.3. The van der Waals surface area contributed by atoms with Gasteiger partial charge in [0.25, 0.3) is 0 Å². The molecule has 2 amide bonds. The second-order valence-corrected chi connectivity index (χ2v) is 5.20. The van der Waals surface area contributed by atoms with Crippen LogP contribution in [0.3, 0.4) is 0 Å². The number of halogens is 2. The Morgan fingerprint density at radius 3 is 2.55 bits per heavy atom. The van der Waals surface area contributed by atoms with E-state index < -0.39 is 35.6 Å². The summed E-state index contributed by atoms with van der Waals surface area (Å²) in [6, 6.07) is 1.84. The molecule has 1 aromatic rings. The van der Waals surface area contributed by atoms with Gasteiger partial charge in [-0.3, -0.25) is 4.79 Å². The van der Waals surface area contributed by atoms with Gasteiger partial charge in [-0.05, 0) is 24.6 Å². The van der Waals surface area contributed by atoms with E-state index >= 15 is 0 Å². The van der Waals surface area contributed by atoms with E-state index in [1.807, 2.05) is 0 Å². The standard InChI is InChI=1S/C15H20F2N2O3/c1-4-13(11-7-10(16)5-6-12(11)17)18-15(22)19(3)8-9(2)14(20)21/h5-7,9,13H,4,8H2,1-3H3,(H,18,22)(H,20,21). The number of aliphatic carboxylic acids is 1. The lowest BCUT2D eigenvalue weighted by Crippen LogP contribution is -2.42. The number of carboxylic acids is 1. The van der Waals surface area contributed by atoms with Crippen LogP contribution in [0.1, 0.15) is 31.9 Å². The molecule has 7 heteroatoms. The molecule has 0 aliphatic rings. The number of amides is 2. The summed E-state index contributed by atoms with van der Waals surface area (Å²) in [7, 11) is 1.45. The predicted octanol–water partition coefficient (Wildman–Crippen LogP) is 2.78. The van der Waals surface area contributed by atoms with E-state index in [4.69, 9.17) is 5.11 Å². The van der Waals surface area contributed by atoms with Crippen molar-refractivity contribution in [3.05, 3.63) is 35.4 Å². The SMILES string of the molecule is CCC(NC(=O)N(C)CC(C)C(=O)O)c1cc(F)ccc1F. The number of carbonyl (C=O) groups is 2. The summed E-state index contributed by atoms with van der Waals surface area (Å²) in [4.78, 5) is 24.0. The summed E-state index contributed by atoms with van der Waals surface area (Å²) in [6.45, 7) is 3.23. The molecule has 0 saturated carbocycles. The summed E-state index contributed by atoms with van der Waals surface area (Å²) >= 11 is 0. The Morgan fingerprint density at radius 2 is 2.00 bits per heavy atom. The van der Waals surface area contributed by atoms with Crippen LogP contribution in [0.2, 0.25) is 0 Å². The minimum Gasteiger partial charge on any atom is -0.481 e. The average molecular weight is 314 g/mol. The Kier molecular flexibility index (Phi) is 6.27. The molecule has 0 saturated heterocycles. The van der Waals surface area contributed by atoms with Crippen molar-refractivity contribution in [3.63, 3.8) is 0 Å². The smallest absolute Gasteiger partial charge is 0.317 e. The van der Waals surface area contributed by atoms with Crippen molar-refractivity contribution in [2.24, 2.45) is 5.92 Å². The maximum atomic E-state index is 13.8. The molecule has 1 aromatic carbocycles. The zero-order valence-corrected chi connectivity index (χ0v) is 12.8. The van der Waals surface area contributed by atoms with Crippen LogP contribution < -0.4 is 5.32 Å². The molecule has 0 spiro atoms. The number of benzene rings is 1. The molecule has 2 unspecified atom stereocenters. The van der Waals surface area contributed by atoms with Gasteiger partial charge in [0, 0.05) is 19.2 Å². The second-order valence-electron chi connectivity index (χ2n) is 5.20. The topological polar surface area (TPSA) is 69.6 Å². The quantitative estimate of drug-likeness (QED) is 0.848. The summed E-state index contributed by atoms with van der Waals surface area (Å²) in [5, 5.41) is 11.4. The maximum absolute atomic E-state index is 13.8. The molecular formula is C15H20F2N2O3. The number of nitrogens with zero attached hydrogens (tertiary/aromatic N) is 1. The molecule has 122 valence electrons. The third-order valence-corrected chi connectivity index (χ3v) is 3.36. The first-order valence-corrected chi connectivity index (χ1v) is 6.95. The van der Waals surface area contributed by atoms with Crippen LogP contribution in [0.4, 0.5) is 13.6 Å². The summed E-state index contributed by atoms with van der Waals surface area (Å²) in [6.07, 6.45) is 0.369. The van der Waals surface area contributed by atoms with Crippen molar-refractivity contribution in [1.29, 1.82) is 0 Å². The van der Waals surface area contributed by atoms with Gasteiger partial charge in [-0.15, -0.1) is 0 Å². The highest BCUT2D eigenvalue weighted by Crippen LogP contribution is 2.21. The molecule has 0 heterocycles.